The second-order valence-electron chi connectivity index (χ2n) is 5.45. The van der Waals surface area contributed by atoms with Gasteiger partial charge in [0.25, 0.3) is 0 Å². The van der Waals surface area contributed by atoms with Crippen LogP contribution in [0.25, 0.3) is 0 Å². The number of nitrogens with two attached hydrogens (primary N) is 2. The highest BCUT2D eigenvalue weighted by molar-refractivity contribution is 5.87. The number of aromatic nitrogens is 2. The van der Waals surface area contributed by atoms with E-state index in [1.54, 1.807) is 0 Å². The molecule has 0 radical (unpaired) electrons. The van der Waals surface area contributed by atoms with Crippen molar-refractivity contribution in [2.24, 2.45) is 11.5 Å². The van der Waals surface area contributed by atoms with Crippen LogP contribution in [0.3, 0.4) is 0 Å². The van der Waals surface area contributed by atoms with E-state index in [9.17, 15) is 19.5 Å². The van der Waals surface area contributed by atoms with Gasteiger partial charge in [-0.15, -0.1) is 0 Å². The first kappa shape index (κ1) is 20.5. The van der Waals surface area contributed by atoms with Gasteiger partial charge in [0.1, 0.15) is 12.1 Å². The van der Waals surface area contributed by atoms with Crippen molar-refractivity contribution in [2.45, 2.75) is 44.5 Å². The number of nitrogens with zero attached hydrogens (tertiary/aromatic N) is 2. The number of carbonyl (C=O) groups excluding carboxylic acids is 3. The van der Waals surface area contributed by atoms with Gasteiger partial charge in [-0.3, -0.25) is 9.59 Å². The molecule has 1 aromatic rings. The Bertz CT molecular complexity index is 618. The molecule has 0 fully saturated rings. The molecule has 0 aromatic carbocycles. The Hall–Kier alpha value is -2.57. The van der Waals surface area contributed by atoms with Crippen LogP contribution >= 0.6 is 0 Å². The summed E-state index contributed by atoms with van der Waals surface area (Å²) in [6.45, 7) is 2.12. The van der Waals surface area contributed by atoms with E-state index in [4.69, 9.17) is 21.1 Å². The molecule has 1 aromatic heterocycles. The van der Waals surface area contributed by atoms with Crippen LogP contribution in [0.1, 0.15) is 44.1 Å². The quantitative estimate of drug-likeness (QED) is 0.278. The summed E-state index contributed by atoms with van der Waals surface area (Å²) in [5.74, 6) is -1.37. The molecule has 12 nitrogen and oxygen atoms in total. The number of hydrogen-bond donors (Lipinski definition) is 6. The fraction of sp³-hybridized carbons (Fsp3) is 0.615. The minimum atomic E-state index is -1.13. The topological polar surface area (TPSA) is 207 Å². The molecule has 25 heavy (non-hydrogen) atoms. The van der Waals surface area contributed by atoms with Crippen molar-refractivity contribution in [3.8, 4) is 0 Å². The highest BCUT2D eigenvalue weighted by atomic mass is 16.5. The first-order valence-corrected chi connectivity index (χ1v) is 7.39. The van der Waals surface area contributed by atoms with Crippen molar-refractivity contribution in [1.82, 2.24) is 20.8 Å². The van der Waals surface area contributed by atoms with Crippen LogP contribution in [0.5, 0.6) is 0 Å². The molecule has 4 atom stereocenters. The number of primary amides is 1. The molecule has 140 valence electrons. The van der Waals surface area contributed by atoms with Crippen LogP contribution in [-0.4, -0.2) is 56.8 Å². The fourth-order valence-corrected chi connectivity index (χ4v) is 1.93. The van der Waals surface area contributed by atoms with Gasteiger partial charge in [0.05, 0.1) is 25.2 Å². The van der Waals surface area contributed by atoms with Crippen LogP contribution < -0.4 is 22.1 Å². The van der Waals surface area contributed by atoms with Gasteiger partial charge in [-0.1, -0.05) is 5.16 Å². The summed E-state index contributed by atoms with van der Waals surface area (Å²) in [5.41, 5.74) is 10.7. The molecule has 0 saturated heterocycles. The third-order valence-electron chi connectivity index (χ3n) is 3.20. The monoisotopic (exact) mass is 358 g/mol. The molecule has 12 heteroatoms. The number of aliphatic hydroxyl groups excluding tert-OH is 2. The van der Waals surface area contributed by atoms with Crippen molar-refractivity contribution in [2.75, 3.05) is 6.61 Å². The Labute approximate surface area is 142 Å². The first-order valence-electron chi connectivity index (χ1n) is 7.39. The minimum absolute atomic E-state index is 0.0141. The fourth-order valence-electron chi connectivity index (χ4n) is 1.93. The second-order valence-corrected chi connectivity index (χ2v) is 5.45. The van der Waals surface area contributed by atoms with Crippen molar-refractivity contribution in [3.05, 3.63) is 11.7 Å². The molecule has 3 amide bonds. The molecule has 1 rings (SSSR count). The van der Waals surface area contributed by atoms with Crippen LogP contribution in [0.15, 0.2) is 4.52 Å². The van der Waals surface area contributed by atoms with Crippen molar-refractivity contribution in [1.29, 1.82) is 0 Å². The number of Topliss-reactive ketones (excluding diaryl/α,β-unsaturated/α-hetero) is 1. The lowest BCUT2D eigenvalue weighted by atomic mass is 10.1. The summed E-state index contributed by atoms with van der Waals surface area (Å²) in [7, 11) is 0. The van der Waals surface area contributed by atoms with Gasteiger partial charge in [-0.25, -0.2) is 4.79 Å². The maximum atomic E-state index is 12.0. The molecule has 1 heterocycles. The third kappa shape index (κ3) is 6.10. The van der Waals surface area contributed by atoms with E-state index in [-0.39, 0.29) is 18.1 Å². The number of nitrogens with one attached hydrogen (secondary N) is 2. The maximum absolute atomic E-state index is 12.0. The number of amides is 3. The van der Waals surface area contributed by atoms with E-state index in [2.05, 4.69) is 20.8 Å². The van der Waals surface area contributed by atoms with Gasteiger partial charge >= 0.3 is 6.03 Å². The largest absolute Gasteiger partial charge is 0.394 e. The Morgan fingerprint density at radius 2 is 1.96 bits per heavy atom. The zero-order valence-electron chi connectivity index (χ0n) is 13.8. The van der Waals surface area contributed by atoms with E-state index in [1.807, 2.05) is 0 Å². The molecule has 0 aliphatic carbocycles. The van der Waals surface area contributed by atoms with Crippen molar-refractivity contribution >= 4 is 17.7 Å². The van der Waals surface area contributed by atoms with Gasteiger partial charge < -0.3 is 36.8 Å². The number of carbonyl (C=O) groups is 3. The third-order valence-corrected chi connectivity index (χ3v) is 3.20. The summed E-state index contributed by atoms with van der Waals surface area (Å²) in [6.07, 6.45) is -1.47. The predicted octanol–water partition coefficient (Wildman–Crippen LogP) is -2.38. The summed E-state index contributed by atoms with van der Waals surface area (Å²) in [5, 5.41) is 26.7. The van der Waals surface area contributed by atoms with Gasteiger partial charge in [-0.2, -0.15) is 4.98 Å². The van der Waals surface area contributed by atoms with Crippen molar-refractivity contribution < 1.29 is 29.1 Å². The molecule has 8 N–H and O–H groups in total. The second kappa shape index (κ2) is 9.05. The van der Waals surface area contributed by atoms with Gasteiger partial charge in [0.2, 0.25) is 11.8 Å². The van der Waals surface area contributed by atoms with E-state index in [0.717, 1.165) is 0 Å². The molecule has 3 unspecified atom stereocenters. The number of rotatable bonds is 9. The first-order chi connectivity index (χ1) is 11.6. The lowest BCUT2D eigenvalue weighted by Crippen LogP contribution is -2.51. The Morgan fingerprint density at radius 1 is 1.32 bits per heavy atom. The molecule has 0 aliphatic rings. The predicted molar refractivity (Wildman–Crippen MR) is 82.7 cm³/mol. The summed E-state index contributed by atoms with van der Waals surface area (Å²) >= 11 is 0. The SMILES string of the molecule is CC(=O)C(NC(=O)NC(CC(N)=O)c1nc(C(N)CO)no1)[C@@H](C)O. The normalized spacial score (nSPS) is 15.7. The van der Waals surface area contributed by atoms with Crippen LogP contribution in [0.4, 0.5) is 4.79 Å². The average molecular weight is 358 g/mol. The zero-order valence-corrected chi connectivity index (χ0v) is 13.8. The number of aliphatic hydroxyl groups is 2. The minimum Gasteiger partial charge on any atom is -0.394 e. The van der Waals surface area contributed by atoms with Crippen LogP contribution in [-0.2, 0) is 9.59 Å². The van der Waals surface area contributed by atoms with Crippen LogP contribution in [0, 0.1) is 0 Å². The Kier molecular flexibility index (Phi) is 7.42. The average Bonchev–Trinajstić information content (AvgIpc) is 3.00. The van der Waals surface area contributed by atoms with E-state index >= 15 is 0 Å². The van der Waals surface area contributed by atoms with Crippen molar-refractivity contribution in [3.63, 3.8) is 0 Å². The smallest absolute Gasteiger partial charge is 0.316 e. The molecular formula is C13H22N6O6. The number of ketones is 1. The molecule has 0 spiro atoms. The highest BCUT2D eigenvalue weighted by Gasteiger charge is 2.27. The molecular weight excluding hydrogens is 336 g/mol. The highest BCUT2D eigenvalue weighted by Crippen LogP contribution is 2.16. The van der Waals surface area contributed by atoms with Gasteiger partial charge in [-0.05, 0) is 13.8 Å². The van der Waals surface area contributed by atoms with E-state index in [1.165, 1.54) is 13.8 Å². The zero-order chi connectivity index (χ0) is 19.1. The number of urea groups is 1. The summed E-state index contributed by atoms with van der Waals surface area (Å²) in [4.78, 5) is 38.6. The molecule has 0 saturated carbocycles. The lowest BCUT2D eigenvalue weighted by molar-refractivity contribution is -0.121. The summed E-state index contributed by atoms with van der Waals surface area (Å²) < 4.78 is 4.93. The van der Waals surface area contributed by atoms with Gasteiger partial charge in [0.15, 0.2) is 11.6 Å². The molecule has 0 bridgehead atoms. The van der Waals surface area contributed by atoms with E-state index in [0.29, 0.717) is 0 Å². The summed E-state index contributed by atoms with van der Waals surface area (Å²) in [6, 6.07) is -3.95. The lowest BCUT2D eigenvalue weighted by Gasteiger charge is -2.20. The van der Waals surface area contributed by atoms with Gasteiger partial charge in [0, 0.05) is 0 Å². The number of hydrogen-bond acceptors (Lipinski definition) is 9. The maximum Gasteiger partial charge on any atom is 0.316 e. The Morgan fingerprint density at radius 3 is 2.44 bits per heavy atom. The standard InChI is InChI=1S/C13H22N6O6/c1-5(21)10(6(2)22)17-13(24)16-8(3-9(15)23)12-18-11(19-25-12)7(14)4-20/h5,7-8,10,20-21H,3-4,14H2,1-2H3,(H2,15,23)(H2,16,17,24)/t5-,7?,8?,10?/m1/s1. The van der Waals surface area contributed by atoms with E-state index < -0.39 is 48.6 Å². The molecule has 0 aliphatic heterocycles. The van der Waals surface area contributed by atoms with Crippen LogP contribution in [0.2, 0.25) is 0 Å². The Balaban J connectivity index is 2.89.